The van der Waals surface area contributed by atoms with Crippen molar-refractivity contribution in [2.24, 2.45) is 0 Å². The van der Waals surface area contributed by atoms with E-state index in [9.17, 15) is 0 Å². The van der Waals surface area contributed by atoms with Gasteiger partial charge in [-0.3, -0.25) is 4.79 Å². The molecule has 0 aliphatic rings. The van der Waals surface area contributed by atoms with E-state index in [0.717, 1.165) is 25.7 Å². The maximum Gasteiger partial charge on any atom is 0.290 e. The molecule has 0 aromatic carbocycles. The second-order valence-corrected chi connectivity index (χ2v) is 4.75. The van der Waals surface area contributed by atoms with E-state index in [4.69, 9.17) is 15.0 Å². The molecular formula is C16H28O3. The Morgan fingerprint density at radius 1 is 0.895 bits per heavy atom. The zero-order chi connectivity index (χ0) is 15.1. The molecule has 0 aromatic heterocycles. The fourth-order valence-corrected chi connectivity index (χ4v) is 1.49. The summed E-state index contributed by atoms with van der Waals surface area (Å²) >= 11 is 0. The van der Waals surface area contributed by atoms with Crippen LogP contribution in [-0.4, -0.2) is 23.3 Å². The molecule has 0 aliphatic carbocycles. The van der Waals surface area contributed by atoms with Crippen LogP contribution < -0.4 is 0 Å². The standard InChI is InChI=1S/C15H26O.CH2O2/c1-13(2)7-5-8-14(3)9-6-10-15(4)11-12-16;2-1-3/h7,9,11,16H,5-6,8,10,12H2,1-4H3;1H,(H,2,3). The summed E-state index contributed by atoms with van der Waals surface area (Å²) in [5.41, 5.74) is 4.14. The van der Waals surface area contributed by atoms with Crippen molar-refractivity contribution >= 4 is 6.47 Å². The molecule has 110 valence electrons. The van der Waals surface area contributed by atoms with Crippen molar-refractivity contribution in [2.75, 3.05) is 6.61 Å². The summed E-state index contributed by atoms with van der Waals surface area (Å²) in [5, 5.41) is 15.6. The molecule has 3 nitrogen and oxygen atoms in total. The van der Waals surface area contributed by atoms with E-state index in [0.29, 0.717) is 0 Å². The summed E-state index contributed by atoms with van der Waals surface area (Å²) in [6, 6.07) is 0. The van der Waals surface area contributed by atoms with E-state index < -0.39 is 0 Å². The predicted molar refractivity (Wildman–Crippen MR) is 81.2 cm³/mol. The molecule has 0 unspecified atom stereocenters. The Bertz CT molecular complexity index is 308. The molecule has 0 atom stereocenters. The highest BCUT2D eigenvalue weighted by Crippen LogP contribution is 2.10. The van der Waals surface area contributed by atoms with Crippen LogP contribution in [-0.2, 0) is 4.79 Å². The minimum absolute atomic E-state index is 0.162. The first-order chi connectivity index (χ1) is 8.97. The van der Waals surface area contributed by atoms with Crippen LogP contribution in [0.1, 0.15) is 53.4 Å². The summed E-state index contributed by atoms with van der Waals surface area (Å²) in [6.45, 7) is 8.46. The van der Waals surface area contributed by atoms with Gasteiger partial charge in [-0.15, -0.1) is 0 Å². The van der Waals surface area contributed by atoms with Gasteiger partial charge in [-0.1, -0.05) is 34.9 Å². The minimum Gasteiger partial charge on any atom is -0.483 e. The molecule has 0 aromatic rings. The molecule has 0 saturated carbocycles. The van der Waals surface area contributed by atoms with Crippen LogP contribution in [0, 0.1) is 0 Å². The lowest BCUT2D eigenvalue weighted by atomic mass is 10.1. The number of carboxylic acid groups (broad SMARTS) is 1. The van der Waals surface area contributed by atoms with Crippen molar-refractivity contribution in [1.29, 1.82) is 0 Å². The van der Waals surface area contributed by atoms with Crippen molar-refractivity contribution < 1.29 is 15.0 Å². The molecule has 0 heterocycles. The number of hydrogen-bond donors (Lipinski definition) is 2. The first-order valence-corrected chi connectivity index (χ1v) is 6.61. The zero-order valence-electron chi connectivity index (χ0n) is 12.6. The van der Waals surface area contributed by atoms with Gasteiger partial charge in [-0.2, -0.15) is 0 Å². The molecular weight excluding hydrogens is 240 g/mol. The number of allylic oxidation sites excluding steroid dienone is 5. The van der Waals surface area contributed by atoms with Crippen molar-refractivity contribution in [1.82, 2.24) is 0 Å². The lowest BCUT2D eigenvalue weighted by Gasteiger charge is -2.00. The zero-order valence-corrected chi connectivity index (χ0v) is 12.6. The molecule has 0 spiro atoms. The lowest BCUT2D eigenvalue weighted by molar-refractivity contribution is -0.122. The third-order valence-electron chi connectivity index (χ3n) is 2.56. The number of aliphatic hydroxyl groups is 1. The van der Waals surface area contributed by atoms with E-state index in [2.05, 4.69) is 39.8 Å². The Labute approximate surface area is 117 Å². The van der Waals surface area contributed by atoms with E-state index in [1.165, 1.54) is 16.7 Å². The van der Waals surface area contributed by atoms with Crippen LogP contribution in [0.2, 0.25) is 0 Å². The summed E-state index contributed by atoms with van der Waals surface area (Å²) in [5.74, 6) is 0. The van der Waals surface area contributed by atoms with Gasteiger partial charge in [0.25, 0.3) is 6.47 Å². The molecule has 3 heteroatoms. The molecule has 0 radical (unpaired) electrons. The fraction of sp³-hybridized carbons (Fsp3) is 0.562. The fourth-order valence-electron chi connectivity index (χ4n) is 1.49. The quantitative estimate of drug-likeness (QED) is 0.540. The summed E-state index contributed by atoms with van der Waals surface area (Å²) in [6.07, 6.45) is 10.9. The highest BCUT2D eigenvalue weighted by Gasteiger charge is 1.91. The Kier molecular flexibility index (Phi) is 15.5. The van der Waals surface area contributed by atoms with E-state index in [1.54, 1.807) is 0 Å². The van der Waals surface area contributed by atoms with Crippen LogP contribution in [0.4, 0.5) is 0 Å². The van der Waals surface area contributed by atoms with Gasteiger partial charge in [0.05, 0.1) is 6.61 Å². The van der Waals surface area contributed by atoms with E-state index in [-0.39, 0.29) is 13.1 Å². The van der Waals surface area contributed by atoms with Gasteiger partial charge in [-0.25, -0.2) is 0 Å². The van der Waals surface area contributed by atoms with Crippen molar-refractivity contribution in [3.05, 3.63) is 34.9 Å². The highest BCUT2D eigenvalue weighted by molar-refractivity contribution is 5.32. The molecule has 0 fully saturated rings. The third-order valence-corrected chi connectivity index (χ3v) is 2.56. The SMILES string of the molecule is CC(C)=CCCC(C)=CCCC(C)=CCO.O=CO. The molecule has 0 amide bonds. The van der Waals surface area contributed by atoms with Crippen molar-refractivity contribution in [3.8, 4) is 0 Å². The Balaban J connectivity index is 0. The number of rotatable bonds is 7. The Morgan fingerprint density at radius 3 is 1.74 bits per heavy atom. The summed E-state index contributed by atoms with van der Waals surface area (Å²) in [4.78, 5) is 8.36. The lowest BCUT2D eigenvalue weighted by Crippen LogP contribution is -1.82. The number of aliphatic hydroxyl groups excluding tert-OH is 1. The van der Waals surface area contributed by atoms with Crippen molar-refractivity contribution in [2.45, 2.75) is 53.4 Å². The summed E-state index contributed by atoms with van der Waals surface area (Å²) in [7, 11) is 0. The third kappa shape index (κ3) is 19.2. The molecule has 19 heavy (non-hydrogen) atoms. The van der Waals surface area contributed by atoms with Crippen LogP contribution >= 0.6 is 0 Å². The average Bonchev–Trinajstić information content (AvgIpc) is 2.29. The van der Waals surface area contributed by atoms with Crippen LogP contribution in [0.15, 0.2) is 34.9 Å². The van der Waals surface area contributed by atoms with Gasteiger partial charge in [-0.05, 0) is 53.4 Å². The highest BCUT2D eigenvalue weighted by atomic mass is 16.3. The van der Waals surface area contributed by atoms with Crippen LogP contribution in [0.25, 0.3) is 0 Å². The van der Waals surface area contributed by atoms with Crippen molar-refractivity contribution in [3.63, 3.8) is 0 Å². The number of carbonyl (C=O) groups is 1. The van der Waals surface area contributed by atoms with Crippen LogP contribution in [0.5, 0.6) is 0 Å². The minimum atomic E-state index is -0.250. The first kappa shape index (κ1) is 20.0. The van der Waals surface area contributed by atoms with Crippen LogP contribution in [0.3, 0.4) is 0 Å². The normalized spacial score (nSPS) is 11.4. The Morgan fingerprint density at radius 2 is 1.32 bits per heavy atom. The molecule has 0 bridgehead atoms. The largest absolute Gasteiger partial charge is 0.483 e. The smallest absolute Gasteiger partial charge is 0.290 e. The summed E-state index contributed by atoms with van der Waals surface area (Å²) < 4.78 is 0. The first-order valence-electron chi connectivity index (χ1n) is 6.61. The molecule has 0 rings (SSSR count). The van der Waals surface area contributed by atoms with Gasteiger partial charge in [0, 0.05) is 0 Å². The molecule has 2 N–H and O–H groups in total. The molecule has 0 saturated heterocycles. The topological polar surface area (TPSA) is 57.5 Å². The second kappa shape index (κ2) is 14.7. The van der Waals surface area contributed by atoms with Gasteiger partial charge in [0.2, 0.25) is 0 Å². The van der Waals surface area contributed by atoms with E-state index >= 15 is 0 Å². The van der Waals surface area contributed by atoms with Gasteiger partial charge in [0.15, 0.2) is 0 Å². The molecule has 0 aliphatic heterocycles. The monoisotopic (exact) mass is 268 g/mol. The van der Waals surface area contributed by atoms with Gasteiger partial charge < -0.3 is 10.2 Å². The average molecular weight is 268 g/mol. The van der Waals surface area contributed by atoms with Gasteiger partial charge >= 0.3 is 0 Å². The van der Waals surface area contributed by atoms with Gasteiger partial charge in [0.1, 0.15) is 0 Å². The Hall–Kier alpha value is -1.35. The second-order valence-electron chi connectivity index (χ2n) is 4.75. The predicted octanol–water partition coefficient (Wildman–Crippen LogP) is 4.10. The number of hydrogen-bond acceptors (Lipinski definition) is 2. The maximum absolute atomic E-state index is 8.72. The maximum atomic E-state index is 8.72. The van der Waals surface area contributed by atoms with E-state index in [1.807, 2.05) is 6.08 Å².